The third kappa shape index (κ3) is 3.20. The number of amides is 1. The molecule has 32 heavy (non-hydrogen) atoms. The van der Waals surface area contributed by atoms with E-state index in [1.165, 1.54) is 6.92 Å². The zero-order valence-corrected chi connectivity index (χ0v) is 17.6. The maximum Gasteiger partial charge on any atom is 0.341 e. The van der Waals surface area contributed by atoms with E-state index in [0.717, 1.165) is 5.56 Å². The number of anilines is 1. The Morgan fingerprint density at radius 2 is 1.66 bits per heavy atom. The second-order valence-corrected chi connectivity index (χ2v) is 7.30. The number of carbonyl (C=O) groups excluding carboxylic acids is 3. The first kappa shape index (κ1) is 21.2. The Bertz CT molecular complexity index is 1170. The fraction of sp³-hybridized carbons (Fsp3) is 0.208. The zero-order chi connectivity index (χ0) is 22.9. The molecule has 2 aromatic rings. The molecule has 0 aliphatic carbocycles. The molecule has 0 fully saturated rings. The van der Waals surface area contributed by atoms with Crippen LogP contribution in [0.4, 0.5) is 5.69 Å². The monoisotopic (exact) mass is 434 g/mol. The van der Waals surface area contributed by atoms with Crippen molar-refractivity contribution in [2.75, 3.05) is 11.9 Å². The van der Waals surface area contributed by atoms with E-state index in [9.17, 15) is 14.4 Å². The van der Waals surface area contributed by atoms with Crippen molar-refractivity contribution in [3.63, 3.8) is 0 Å². The van der Waals surface area contributed by atoms with Crippen molar-refractivity contribution in [2.45, 2.75) is 25.9 Å². The average Bonchev–Trinajstić information content (AvgIpc) is 3.05. The van der Waals surface area contributed by atoms with Crippen LogP contribution in [-0.2, 0) is 40.6 Å². The first-order chi connectivity index (χ1) is 15.4. The zero-order valence-electron chi connectivity index (χ0n) is 17.6. The van der Waals surface area contributed by atoms with Crippen molar-refractivity contribution in [1.82, 2.24) is 0 Å². The summed E-state index contributed by atoms with van der Waals surface area (Å²) < 4.78 is 16.3. The van der Waals surface area contributed by atoms with Gasteiger partial charge in [0, 0.05) is 11.3 Å². The molecule has 1 amide bonds. The van der Waals surface area contributed by atoms with E-state index in [2.05, 4.69) is 5.32 Å². The second kappa shape index (κ2) is 8.22. The second-order valence-electron chi connectivity index (χ2n) is 7.30. The summed E-state index contributed by atoms with van der Waals surface area (Å²) in [5, 5.41) is 2.75. The fourth-order valence-electron chi connectivity index (χ4n) is 4.14. The van der Waals surface area contributed by atoms with E-state index in [1.807, 2.05) is 18.2 Å². The van der Waals surface area contributed by atoms with Crippen molar-refractivity contribution in [3.8, 4) is 0 Å². The van der Waals surface area contributed by atoms with Gasteiger partial charge < -0.3 is 25.3 Å². The molecule has 0 saturated carbocycles. The quantitative estimate of drug-likeness (QED) is 0.695. The summed E-state index contributed by atoms with van der Waals surface area (Å²) in [4.78, 5) is 39.9. The van der Waals surface area contributed by atoms with Crippen LogP contribution in [0, 0.1) is 0 Å². The Kier molecular flexibility index (Phi) is 5.44. The highest BCUT2D eigenvalue weighted by Crippen LogP contribution is 2.52. The molecule has 2 aromatic carbocycles. The van der Waals surface area contributed by atoms with E-state index in [-0.39, 0.29) is 36.0 Å². The summed E-state index contributed by atoms with van der Waals surface area (Å²) in [6, 6.07) is 15.9. The molecule has 2 aliphatic heterocycles. The number of benzene rings is 2. The minimum absolute atomic E-state index is 0.0241. The number of carbonyl (C=O) groups is 3. The molecule has 1 spiro atoms. The van der Waals surface area contributed by atoms with Gasteiger partial charge in [-0.15, -0.1) is 0 Å². The number of rotatable bonds is 5. The van der Waals surface area contributed by atoms with Gasteiger partial charge in [0.25, 0.3) is 0 Å². The molecule has 2 heterocycles. The Hall–Kier alpha value is -4.07. The highest BCUT2D eigenvalue weighted by Gasteiger charge is 2.61. The lowest BCUT2D eigenvalue weighted by molar-refractivity contribution is -0.144. The minimum atomic E-state index is -1.86. The van der Waals surface area contributed by atoms with Crippen LogP contribution in [0.25, 0.3) is 0 Å². The summed E-state index contributed by atoms with van der Waals surface area (Å²) in [5.41, 5.74) is 5.48. The first-order valence-electron chi connectivity index (χ1n) is 10.1. The van der Waals surface area contributed by atoms with Gasteiger partial charge in [-0.1, -0.05) is 48.5 Å². The van der Waals surface area contributed by atoms with Crippen molar-refractivity contribution < 1.29 is 28.6 Å². The normalized spacial score (nSPS) is 19.4. The molecule has 2 aliphatic rings. The fourth-order valence-corrected chi connectivity index (χ4v) is 4.14. The maximum absolute atomic E-state index is 13.5. The van der Waals surface area contributed by atoms with Gasteiger partial charge in [-0.3, -0.25) is 4.79 Å². The van der Waals surface area contributed by atoms with E-state index in [0.29, 0.717) is 11.3 Å². The summed E-state index contributed by atoms with van der Waals surface area (Å²) in [6.45, 7) is 3.16. The molecule has 0 radical (unpaired) electrons. The van der Waals surface area contributed by atoms with Gasteiger partial charge in [-0.25, -0.2) is 9.59 Å². The lowest BCUT2D eigenvalue weighted by Crippen LogP contribution is -2.48. The number of fused-ring (bicyclic) bond motifs is 2. The van der Waals surface area contributed by atoms with Crippen molar-refractivity contribution >= 4 is 23.5 Å². The number of esters is 2. The van der Waals surface area contributed by atoms with Gasteiger partial charge in [0.2, 0.25) is 11.8 Å². The number of hydrogen-bond acceptors (Lipinski definition) is 7. The molecular weight excluding hydrogens is 412 g/mol. The van der Waals surface area contributed by atoms with Gasteiger partial charge in [0.05, 0.1) is 6.61 Å². The Morgan fingerprint density at radius 3 is 2.38 bits per heavy atom. The van der Waals surface area contributed by atoms with Gasteiger partial charge in [0.1, 0.15) is 28.9 Å². The first-order valence-corrected chi connectivity index (χ1v) is 10.1. The summed E-state index contributed by atoms with van der Waals surface area (Å²) in [6.07, 6.45) is 0. The van der Waals surface area contributed by atoms with Gasteiger partial charge in [-0.05, 0) is 25.5 Å². The highest BCUT2D eigenvalue weighted by atomic mass is 16.5. The average molecular weight is 434 g/mol. The van der Waals surface area contributed by atoms with E-state index < -0.39 is 23.3 Å². The van der Waals surface area contributed by atoms with E-state index in [4.69, 9.17) is 19.9 Å². The largest absolute Gasteiger partial charge is 0.462 e. The number of para-hydroxylation sites is 1. The third-order valence-electron chi connectivity index (χ3n) is 5.43. The topological polar surface area (TPSA) is 117 Å². The summed E-state index contributed by atoms with van der Waals surface area (Å²) in [7, 11) is 0. The van der Waals surface area contributed by atoms with Crippen LogP contribution >= 0.6 is 0 Å². The summed E-state index contributed by atoms with van der Waals surface area (Å²) >= 11 is 0. The van der Waals surface area contributed by atoms with Crippen LogP contribution in [0.15, 0.2) is 77.4 Å². The molecule has 0 aromatic heterocycles. The van der Waals surface area contributed by atoms with Crippen molar-refractivity contribution in [1.29, 1.82) is 0 Å². The van der Waals surface area contributed by atoms with Crippen molar-refractivity contribution in [2.24, 2.45) is 5.73 Å². The lowest BCUT2D eigenvalue weighted by Gasteiger charge is -2.35. The predicted octanol–water partition coefficient (Wildman–Crippen LogP) is 2.66. The SMILES string of the molecule is CCOC(=O)C1=C(N)OC(C)=C(C(=O)OCc2ccccc2)[C@@]12C(=O)Nc1ccccc12. The van der Waals surface area contributed by atoms with E-state index in [1.54, 1.807) is 43.3 Å². The molecular formula is C24H22N2O6. The predicted molar refractivity (Wildman–Crippen MR) is 115 cm³/mol. The van der Waals surface area contributed by atoms with Gasteiger partial charge in [-0.2, -0.15) is 0 Å². The van der Waals surface area contributed by atoms with Gasteiger partial charge in [0.15, 0.2) is 0 Å². The molecule has 8 nitrogen and oxygen atoms in total. The Morgan fingerprint density at radius 1 is 1.00 bits per heavy atom. The summed E-state index contributed by atoms with van der Waals surface area (Å²) in [5.74, 6) is -2.49. The van der Waals surface area contributed by atoms with Gasteiger partial charge >= 0.3 is 11.9 Å². The third-order valence-corrected chi connectivity index (χ3v) is 5.43. The molecule has 3 N–H and O–H groups in total. The number of hydrogen-bond donors (Lipinski definition) is 2. The van der Waals surface area contributed by atoms with Crippen LogP contribution < -0.4 is 11.1 Å². The molecule has 4 rings (SSSR count). The Balaban J connectivity index is 1.86. The number of allylic oxidation sites excluding steroid dienone is 1. The minimum Gasteiger partial charge on any atom is -0.462 e. The number of ether oxygens (including phenoxy) is 3. The van der Waals surface area contributed by atoms with Crippen LogP contribution in [0.1, 0.15) is 25.0 Å². The molecule has 0 saturated heterocycles. The molecule has 0 bridgehead atoms. The number of nitrogens with two attached hydrogens (primary N) is 1. The van der Waals surface area contributed by atoms with Crippen LogP contribution in [0.2, 0.25) is 0 Å². The van der Waals surface area contributed by atoms with Crippen LogP contribution in [0.3, 0.4) is 0 Å². The highest BCUT2D eigenvalue weighted by molar-refractivity contribution is 6.21. The smallest absolute Gasteiger partial charge is 0.341 e. The lowest BCUT2D eigenvalue weighted by atomic mass is 9.67. The van der Waals surface area contributed by atoms with Crippen LogP contribution in [0.5, 0.6) is 0 Å². The molecule has 8 heteroatoms. The molecule has 1 atom stereocenters. The molecule has 0 unspecified atom stereocenters. The Labute approximate surface area is 184 Å². The maximum atomic E-state index is 13.5. The van der Waals surface area contributed by atoms with Crippen molar-refractivity contribution in [3.05, 3.63) is 88.5 Å². The molecule has 164 valence electrons. The number of nitrogens with one attached hydrogen (secondary N) is 1. The van der Waals surface area contributed by atoms with E-state index >= 15 is 0 Å². The standard InChI is InChI=1S/C24H22N2O6/c1-3-30-22(28)19-20(25)32-14(2)18(21(27)31-13-15-9-5-4-6-10-15)24(19)16-11-7-8-12-17(16)26-23(24)29/h4-12H,3,13,25H2,1-2H3,(H,26,29)/t24-/m1/s1. The van der Waals surface area contributed by atoms with Crippen LogP contribution in [-0.4, -0.2) is 24.5 Å².